The Bertz CT molecular complexity index is 810. The highest BCUT2D eigenvalue weighted by Crippen LogP contribution is 2.42. The predicted octanol–water partition coefficient (Wildman–Crippen LogP) is 3.33. The Hall–Kier alpha value is -0.710. The van der Waals surface area contributed by atoms with E-state index < -0.39 is 0 Å². The van der Waals surface area contributed by atoms with Crippen molar-refractivity contribution in [2.75, 3.05) is 16.3 Å². The number of anilines is 2. The lowest BCUT2D eigenvalue weighted by atomic mass is 10.0. The molecule has 0 fully saturated rings. The molecule has 0 radical (unpaired) electrons. The molecule has 1 unspecified atom stereocenters. The Morgan fingerprint density at radius 3 is 2.85 bits per heavy atom. The number of nitrogens with zero attached hydrogens (tertiary/aromatic N) is 2. The highest BCUT2D eigenvalue weighted by atomic mass is 79.9. The number of benzene rings is 1. The molecule has 5 heteroatoms. The summed E-state index contributed by atoms with van der Waals surface area (Å²) in [7, 11) is 0. The second kappa shape index (κ2) is 4.39. The summed E-state index contributed by atoms with van der Waals surface area (Å²) in [4.78, 5) is 4.65. The molecule has 102 valence electrons. The van der Waals surface area contributed by atoms with Crippen LogP contribution in [0.4, 0.5) is 11.4 Å². The first-order valence-corrected chi connectivity index (χ1v) is 8.39. The molecule has 3 aliphatic heterocycles. The molecule has 0 bridgehead atoms. The maximum absolute atomic E-state index is 6.52. The number of halogens is 3. The van der Waals surface area contributed by atoms with Gasteiger partial charge in [0.1, 0.15) is 4.61 Å². The van der Waals surface area contributed by atoms with Gasteiger partial charge < -0.3 is 9.80 Å². The van der Waals surface area contributed by atoms with Gasteiger partial charge in [0, 0.05) is 29.2 Å². The van der Waals surface area contributed by atoms with Gasteiger partial charge in [0.05, 0.1) is 20.9 Å². The molecule has 2 nitrogen and oxygen atoms in total. The van der Waals surface area contributed by atoms with Gasteiger partial charge in [-0.1, -0.05) is 29.8 Å². The van der Waals surface area contributed by atoms with Gasteiger partial charge >= 0.3 is 0 Å². The van der Waals surface area contributed by atoms with Gasteiger partial charge in [-0.2, -0.15) is 0 Å². The Labute approximate surface area is 138 Å². The van der Waals surface area contributed by atoms with Crippen LogP contribution in [-0.4, -0.2) is 12.6 Å². The zero-order valence-corrected chi connectivity index (χ0v) is 14.6. The first-order chi connectivity index (χ1) is 9.59. The quantitative estimate of drug-likeness (QED) is 0.601. The smallest absolute Gasteiger partial charge is 0.101 e. The van der Waals surface area contributed by atoms with E-state index in [1.54, 1.807) is 0 Å². The maximum atomic E-state index is 6.52. The molecule has 1 aromatic carbocycles. The summed E-state index contributed by atoms with van der Waals surface area (Å²) in [5, 5.41) is 3.08. The number of allylic oxidation sites excluding steroid dienone is 2. The van der Waals surface area contributed by atoms with Crippen LogP contribution in [0.2, 0.25) is 0 Å². The van der Waals surface area contributed by atoms with E-state index in [-0.39, 0.29) is 0 Å². The van der Waals surface area contributed by atoms with Crippen molar-refractivity contribution in [1.29, 1.82) is 0 Å². The van der Waals surface area contributed by atoms with Gasteiger partial charge in [-0.05, 0) is 44.9 Å². The van der Waals surface area contributed by atoms with Crippen molar-refractivity contribution in [3.05, 3.63) is 43.9 Å². The van der Waals surface area contributed by atoms with Crippen molar-refractivity contribution in [2.45, 2.75) is 13.0 Å². The summed E-state index contributed by atoms with van der Waals surface area (Å²) in [6.45, 7) is 3.16. The number of hydrogen-bond donors (Lipinski definition) is 0. The Kier molecular flexibility index (Phi) is 2.85. The van der Waals surface area contributed by atoms with Gasteiger partial charge in [-0.15, -0.1) is 0 Å². The SMILES string of the molecule is CC1CN2C(Br)=C(Br)C(Cl)=c3ccc4c(c32)N1C=CC=4. The van der Waals surface area contributed by atoms with Crippen LogP contribution >= 0.6 is 43.5 Å². The van der Waals surface area contributed by atoms with Gasteiger partial charge in [0.15, 0.2) is 0 Å². The Morgan fingerprint density at radius 1 is 1.25 bits per heavy atom. The Morgan fingerprint density at radius 2 is 2.05 bits per heavy atom. The van der Waals surface area contributed by atoms with Crippen molar-refractivity contribution in [3.8, 4) is 0 Å². The van der Waals surface area contributed by atoms with Gasteiger partial charge in [0.25, 0.3) is 0 Å². The number of hydrogen-bond acceptors (Lipinski definition) is 2. The van der Waals surface area contributed by atoms with Crippen molar-refractivity contribution < 1.29 is 0 Å². The average Bonchev–Trinajstić information content (AvgIpc) is 2.47. The third kappa shape index (κ3) is 1.56. The third-order valence-electron chi connectivity index (χ3n) is 4.00. The zero-order chi connectivity index (χ0) is 14.0. The minimum absolute atomic E-state index is 0.408. The molecule has 0 saturated carbocycles. The van der Waals surface area contributed by atoms with Crippen molar-refractivity contribution in [3.63, 3.8) is 0 Å². The van der Waals surface area contributed by atoms with E-state index in [0.29, 0.717) is 6.04 Å². The normalized spacial score (nSPS) is 23.0. The van der Waals surface area contributed by atoms with E-state index in [1.807, 2.05) is 0 Å². The second-order valence-electron chi connectivity index (χ2n) is 5.19. The van der Waals surface area contributed by atoms with Gasteiger partial charge in [-0.3, -0.25) is 0 Å². The maximum Gasteiger partial charge on any atom is 0.101 e. The average molecular weight is 415 g/mol. The minimum Gasteiger partial charge on any atom is -0.341 e. The van der Waals surface area contributed by atoms with Crippen LogP contribution in [0.25, 0.3) is 11.1 Å². The molecule has 0 N–H and O–H groups in total. The van der Waals surface area contributed by atoms with Crippen molar-refractivity contribution >= 4 is 65.9 Å². The van der Waals surface area contributed by atoms with Crippen LogP contribution in [0.5, 0.6) is 0 Å². The predicted molar refractivity (Wildman–Crippen MR) is 92.7 cm³/mol. The fraction of sp³-hybridized carbons (Fsp3) is 0.200. The van der Waals surface area contributed by atoms with E-state index in [0.717, 1.165) is 25.9 Å². The molecule has 20 heavy (non-hydrogen) atoms. The zero-order valence-electron chi connectivity index (χ0n) is 10.7. The topological polar surface area (TPSA) is 6.48 Å². The second-order valence-corrected chi connectivity index (χ2v) is 7.12. The lowest BCUT2D eigenvalue weighted by Gasteiger charge is -2.44. The van der Waals surface area contributed by atoms with Crippen LogP contribution in [0.15, 0.2) is 33.5 Å². The molecule has 1 aromatic rings. The molecular weight excluding hydrogens is 403 g/mol. The molecule has 4 rings (SSSR count). The minimum atomic E-state index is 0.408. The molecular formula is C15H11Br2ClN2. The summed E-state index contributed by atoms with van der Waals surface area (Å²) >= 11 is 13.8. The summed E-state index contributed by atoms with van der Waals surface area (Å²) in [6.07, 6.45) is 6.41. The molecule has 3 heterocycles. The first-order valence-electron chi connectivity index (χ1n) is 6.42. The third-order valence-corrected chi connectivity index (χ3v) is 6.75. The van der Waals surface area contributed by atoms with Gasteiger partial charge in [-0.25, -0.2) is 0 Å². The van der Waals surface area contributed by atoms with Crippen LogP contribution in [0, 0.1) is 0 Å². The standard InChI is InChI=1S/C15H11Br2ClN2/c1-8-7-20-14-10(12(18)11(16)15(20)17)5-4-9-3-2-6-19(8)13(9)14/h2-6,8H,7H2,1H3. The molecule has 0 amide bonds. The van der Waals surface area contributed by atoms with E-state index in [4.69, 9.17) is 11.6 Å². The summed E-state index contributed by atoms with van der Waals surface area (Å²) in [6, 6.07) is 4.66. The van der Waals surface area contributed by atoms with E-state index in [9.17, 15) is 0 Å². The molecule has 0 aliphatic carbocycles. The molecule has 0 spiro atoms. The highest BCUT2D eigenvalue weighted by molar-refractivity contribution is 9.14. The van der Waals surface area contributed by atoms with Crippen LogP contribution in [-0.2, 0) is 0 Å². The summed E-state index contributed by atoms with van der Waals surface area (Å²) in [5.41, 5.74) is 2.44. The van der Waals surface area contributed by atoms with E-state index in [2.05, 4.69) is 79.1 Å². The van der Waals surface area contributed by atoms with Crippen LogP contribution in [0.3, 0.4) is 0 Å². The largest absolute Gasteiger partial charge is 0.341 e. The lowest BCUT2D eigenvalue weighted by molar-refractivity contribution is 0.670. The molecule has 1 atom stereocenters. The molecule has 3 aliphatic rings. The van der Waals surface area contributed by atoms with Gasteiger partial charge in [0.2, 0.25) is 0 Å². The van der Waals surface area contributed by atoms with Crippen molar-refractivity contribution in [2.24, 2.45) is 0 Å². The fourth-order valence-corrected chi connectivity index (χ4v) is 4.39. The van der Waals surface area contributed by atoms with Crippen LogP contribution in [0.1, 0.15) is 6.92 Å². The first kappa shape index (κ1) is 13.0. The van der Waals surface area contributed by atoms with Crippen LogP contribution < -0.4 is 20.2 Å². The molecule has 0 aromatic heterocycles. The molecule has 0 saturated heterocycles. The summed E-state index contributed by atoms with van der Waals surface area (Å²) < 4.78 is 1.92. The number of rotatable bonds is 0. The monoisotopic (exact) mass is 412 g/mol. The highest BCUT2D eigenvalue weighted by Gasteiger charge is 2.34. The Balaban J connectivity index is 2.19. The lowest BCUT2D eigenvalue weighted by Crippen LogP contribution is -2.50. The summed E-state index contributed by atoms with van der Waals surface area (Å²) in [5.74, 6) is 0. The fourth-order valence-electron chi connectivity index (χ4n) is 3.08. The van der Waals surface area contributed by atoms with Crippen molar-refractivity contribution in [1.82, 2.24) is 0 Å². The van der Waals surface area contributed by atoms with E-state index >= 15 is 0 Å². The van der Waals surface area contributed by atoms with E-state index in [1.165, 1.54) is 16.6 Å².